The van der Waals surface area contributed by atoms with Gasteiger partial charge in [0.15, 0.2) is 0 Å². The minimum absolute atomic E-state index is 0.372. The molecule has 0 bridgehead atoms. The highest BCUT2D eigenvalue weighted by Gasteiger charge is 2.27. The lowest BCUT2D eigenvalue weighted by Crippen LogP contribution is -2.46. The molecule has 1 fully saturated rings. The van der Waals surface area contributed by atoms with E-state index in [-0.39, 0.29) is 0 Å². The van der Waals surface area contributed by atoms with Crippen LogP contribution in [0.2, 0.25) is 0 Å². The van der Waals surface area contributed by atoms with Crippen LogP contribution >= 0.6 is 0 Å². The van der Waals surface area contributed by atoms with Gasteiger partial charge in [-0.3, -0.25) is 9.80 Å². The summed E-state index contributed by atoms with van der Waals surface area (Å²) in [5.74, 6) is 1.01. The number of piperazine rings is 1. The molecule has 0 aliphatic carbocycles. The fraction of sp³-hybridized carbons (Fsp3) is 0.455. The van der Waals surface area contributed by atoms with Crippen molar-refractivity contribution in [3.05, 3.63) is 58.8 Å². The van der Waals surface area contributed by atoms with Gasteiger partial charge < -0.3 is 4.74 Å². The van der Waals surface area contributed by atoms with E-state index in [9.17, 15) is 5.26 Å². The highest BCUT2D eigenvalue weighted by molar-refractivity contribution is 5.34. The van der Waals surface area contributed by atoms with Crippen LogP contribution in [0.25, 0.3) is 0 Å². The van der Waals surface area contributed by atoms with Gasteiger partial charge in [0.2, 0.25) is 5.88 Å². The molecule has 2 aromatic rings. The number of benzene rings is 1. The number of hydrogen-bond acceptors (Lipinski definition) is 5. The van der Waals surface area contributed by atoms with Crippen molar-refractivity contribution in [3.63, 3.8) is 0 Å². The van der Waals surface area contributed by atoms with Crippen LogP contribution in [-0.4, -0.2) is 48.6 Å². The zero-order valence-corrected chi connectivity index (χ0v) is 16.6. The summed E-state index contributed by atoms with van der Waals surface area (Å²) in [6, 6.07) is 15.1. The lowest BCUT2D eigenvalue weighted by molar-refractivity contribution is 0.0898. The van der Waals surface area contributed by atoms with E-state index in [1.165, 1.54) is 11.1 Å². The first kappa shape index (κ1) is 19.3. The Labute approximate surface area is 162 Å². The van der Waals surface area contributed by atoms with Crippen LogP contribution in [0, 0.1) is 11.3 Å². The Balaban J connectivity index is 1.81. The summed E-state index contributed by atoms with van der Waals surface area (Å²) in [5, 5.41) is 9.21. The number of hydrogen-bond donors (Lipinski definition) is 0. The summed E-state index contributed by atoms with van der Waals surface area (Å²) in [4.78, 5) is 9.06. The number of nitrogens with zero attached hydrogens (tertiary/aromatic N) is 4. The molecule has 1 unspecified atom stereocenters. The van der Waals surface area contributed by atoms with Crippen molar-refractivity contribution in [3.8, 4) is 11.9 Å². The maximum atomic E-state index is 9.21. The molecular formula is C22H28N4O. The van der Waals surface area contributed by atoms with Crippen LogP contribution in [0.3, 0.4) is 0 Å². The molecular weight excluding hydrogens is 336 g/mol. The molecule has 0 saturated carbocycles. The first-order valence-electron chi connectivity index (χ1n) is 9.48. The lowest BCUT2D eigenvalue weighted by Gasteiger charge is -2.40. The minimum Gasteiger partial charge on any atom is -0.481 e. The number of likely N-dealkylation sites (N-methyl/N-ethyl adjacent to an activating group) is 1. The molecule has 2 heterocycles. The molecule has 0 spiro atoms. The van der Waals surface area contributed by atoms with Crippen molar-refractivity contribution in [2.75, 3.05) is 33.8 Å². The molecule has 1 saturated heterocycles. The molecule has 0 amide bonds. The molecule has 5 nitrogen and oxygen atoms in total. The highest BCUT2D eigenvalue weighted by atomic mass is 16.5. The fourth-order valence-corrected chi connectivity index (χ4v) is 3.82. The zero-order valence-electron chi connectivity index (χ0n) is 16.6. The Bertz CT molecular complexity index is 827. The third-order valence-corrected chi connectivity index (χ3v) is 5.30. The smallest absolute Gasteiger partial charge is 0.214 e. The predicted octanol–water partition coefficient (Wildman–Crippen LogP) is 3.57. The van der Waals surface area contributed by atoms with Crippen molar-refractivity contribution in [1.82, 2.24) is 14.8 Å². The topological polar surface area (TPSA) is 52.4 Å². The summed E-state index contributed by atoms with van der Waals surface area (Å²) in [5.41, 5.74) is 4.32. The maximum Gasteiger partial charge on any atom is 0.214 e. The average Bonchev–Trinajstić information content (AvgIpc) is 2.69. The second-order valence-electron chi connectivity index (χ2n) is 7.53. The zero-order chi connectivity index (χ0) is 19.4. The third-order valence-electron chi connectivity index (χ3n) is 5.30. The minimum atomic E-state index is 0.372. The Morgan fingerprint density at radius 3 is 2.74 bits per heavy atom. The number of aromatic nitrogens is 1. The Morgan fingerprint density at radius 1 is 1.26 bits per heavy atom. The van der Waals surface area contributed by atoms with Gasteiger partial charge in [-0.1, -0.05) is 38.1 Å². The maximum absolute atomic E-state index is 9.21. The monoisotopic (exact) mass is 364 g/mol. The van der Waals surface area contributed by atoms with Gasteiger partial charge in [0, 0.05) is 38.3 Å². The number of rotatable bonds is 5. The van der Waals surface area contributed by atoms with E-state index in [0.29, 0.717) is 23.5 Å². The number of nitriles is 1. The molecule has 5 heteroatoms. The Kier molecular flexibility index (Phi) is 6.10. The standard InChI is InChI=1S/C22H28N4O/c1-16(2)19-7-5-6-8-20(19)21-15-26(10-9-25(21)3)14-17-11-18(13-23)24-22(12-17)27-4/h5-8,11-12,16,21H,9-10,14-15H2,1-4H3. The molecule has 1 aromatic heterocycles. The van der Waals surface area contributed by atoms with Crippen LogP contribution in [-0.2, 0) is 6.54 Å². The number of pyridine rings is 1. The predicted molar refractivity (Wildman–Crippen MR) is 107 cm³/mol. The van der Waals surface area contributed by atoms with Crippen molar-refractivity contribution >= 4 is 0 Å². The van der Waals surface area contributed by atoms with Gasteiger partial charge in [0.25, 0.3) is 0 Å². The summed E-state index contributed by atoms with van der Waals surface area (Å²) < 4.78 is 5.25. The largest absolute Gasteiger partial charge is 0.481 e. The van der Waals surface area contributed by atoms with Crippen LogP contribution in [0.15, 0.2) is 36.4 Å². The quantitative estimate of drug-likeness (QED) is 0.812. The van der Waals surface area contributed by atoms with E-state index in [1.807, 2.05) is 12.1 Å². The summed E-state index contributed by atoms with van der Waals surface area (Å²) in [7, 11) is 3.80. The van der Waals surface area contributed by atoms with Gasteiger partial charge in [0.1, 0.15) is 11.8 Å². The van der Waals surface area contributed by atoms with Crippen molar-refractivity contribution in [2.45, 2.75) is 32.4 Å². The second kappa shape index (κ2) is 8.51. The average molecular weight is 364 g/mol. The van der Waals surface area contributed by atoms with Crippen LogP contribution < -0.4 is 4.74 Å². The van der Waals surface area contributed by atoms with E-state index in [2.05, 4.69) is 66.0 Å². The molecule has 1 aliphatic heterocycles. The van der Waals surface area contributed by atoms with Gasteiger partial charge in [0.05, 0.1) is 7.11 Å². The normalized spacial score (nSPS) is 18.4. The molecule has 0 radical (unpaired) electrons. The first-order chi connectivity index (χ1) is 13.0. The van der Waals surface area contributed by atoms with Gasteiger partial charge in [-0.2, -0.15) is 5.26 Å². The molecule has 1 aromatic carbocycles. The number of ether oxygens (including phenoxy) is 1. The fourth-order valence-electron chi connectivity index (χ4n) is 3.82. The number of methoxy groups -OCH3 is 1. The van der Waals surface area contributed by atoms with Crippen LogP contribution in [0.1, 0.15) is 48.2 Å². The van der Waals surface area contributed by atoms with Crippen LogP contribution in [0.4, 0.5) is 0 Å². The molecule has 1 atom stereocenters. The summed E-state index contributed by atoms with van der Waals surface area (Å²) in [6.07, 6.45) is 0. The van der Waals surface area contributed by atoms with E-state index in [0.717, 1.165) is 31.7 Å². The molecule has 1 aliphatic rings. The lowest BCUT2D eigenvalue weighted by atomic mass is 9.91. The Hall–Kier alpha value is -2.42. The van der Waals surface area contributed by atoms with E-state index < -0.39 is 0 Å². The van der Waals surface area contributed by atoms with Crippen molar-refractivity contribution in [1.29, 1.82) is 5.26 Å². The van der Waals surface area contributed by atoms with Crippen molar-refractivity contribution in [2.24, 2.45) is 0 Å². The summed E-state index contributed by atoms with van der Waals surface area (Å²) >= 11 is 0. The highest BCUT2D eigenvalue weighted by Crippen LogP contribution is 2.31. The van der Waals surface area contributed by atoms with Gasteiger partial charge in [-0.25, -0.2) is 4.98 Å². The van der Waals surface area contributed by atoms with Gasteiger partial charge in [-0.05, 0) is 35.7 Å². The Morgan fingerprint density at radius 2 is 2.04 bits per heavy atom. The van der Waals surface area contributed by atoms with Crippen molar-refractivity contribution < 1.29 is 4.74 Å². The van der Waals surface area contributed by atoms with E-state index in [1.54, 1.807) is 7.11 Å². The first-order valence-corrected chi connectivity index (χ1v) is 9.48. The van der Waals surface area contributed by atoms with E-state index >= 15 is 0 Å². The molecule has 27 heavy (non-hydrogen) atoms. The van der Waals surface area contributed by atoms with Gasteiger partial charge >= 0.3 is 0 Å². The molecule has 0 N–H and O–H groups in total. The SMILES string of the molecule is COc1cc(CN2CCN(C)C(c3ccccc3C(C)C)C2)cc(C#N)n1. The second-order valence-corrected chi connectivity index (χ2v) is 7.53. The summed E-state index contributed by atoms with van der Waals surface area (Å²) in [6.45, 7) is 8.29. The molecule has 3 rings (SSSR count). The third kappa shape index (κ3) is 4.47. The van der Waals surface area contributed by atoms with Gasteiger partial charge in [-0.15, -0.1) is 0 Å². The van der Waals surface area contributed by atoms with Crippen LogP contribution in [0.5, 0.6) is 5.88 Å². The van der Waals surface area contributed by atoms with E-state index in [4.69, 9.17) is 4.74 Å². The molecule has 142 valence electrons.